The maximum absolute atomic E-state index is 11.1. The molecule has 0 saturated heterocycles. The number of rotatable bonds is 0. The molecule has 0 bridgehead atoms. The molecule has 1 aliphatic rings. The molecule has 0 amide bonds. The quantitative estimate of drug-likeness (QED) is 0.613. The van der Waals surface area contributed by atoms with E-state index in [9.17, 15) is 4.79 Å². The Morgan fingerprint density at radius 2 is 2.42 bits per heavy atom. The van der Waals surface area contributed by atoms with Gasteiger partial charge in [-0.1, -0.05) is 0 Å². The first-order valence-electron chi connectivity index (χ1n) is 4.09. The van der Waals surface area contributed by atoms with E-state index in [1.54, 1.807) is 12.3 Å². The highest BCUT2D eigenvalue weighted by atomic mass is 16.1. The molecule has 0 unspecified atom stereocenters. The van der Waals surface area contributed by atoms with Crippen molar-refractivity contribution in [2.75, 3.05) is 11.9 Å². The van der Waals surface area contributed by atoms with Crippen molar-refractivity contribution in [2.24, 2.45) is 0 Å². The highest BCUT2D eigenvalue weighted by Gasteiger charge is 2.07. The van der Waals surface area contributed by atoms with Crippen LogP contribution in [-0.2, 0) is 6.42 Å². The van der Waals surface area contributed by atoms with Gasteiger partial charge >= 0.3 is 0 Å². The zero-order valence-corrected chi connectivity index (χ0v) is 6.71. The molecule has 0 aromatic carbocycles. The van der Waals surface area contributed by atoms with E-state index in [0.717, 1.165) is 30.8 Å². The van der Waals surface area contributed by atoms with Gasteiger partial charge in [0, 0.05) is 24.9 Å². The van der Waals surface area contributed by atoms with Gasteiger partial charge in [-0.2, -0.15) is 0 Å². The van der Waals surface area contributed by atoms with Crippen LogP contribution in [0.1, 0.15) is 12.1 Å². The third-order valence-corrected chi connectivity index (χ3v) is 1.97. The van der Waals surface area contributed by atoms with Gasteiger partial charge in [0.2, 0.25) is 0 Å². The second kappa shape index (κ2) is 2.93. The third-order valence-electron chi connectivity index (χ3n) is 1.97. The summed E-state index contributed by atoms with van der Waals surface area (Å²) in [7, 11) is 0. The van der Waals surface area contributed by atoms with Crippen molar-refractivity contribution in [2.45, 2.75) is 12.8 Å². The van der Waals surface area contributed by atoms with E-state index < -0.39 is 0 Å². The molecule has 0 aliphatic carbocycles. The molecule has 1 N–H and O–H groups in total. The van der Waals surface area contributed by atoms with E-state index in [4.69, 9.17) is 0 Å². The lowest BCUT2D eigenvalue weighted by molar-refractivity contribution is 0.805. The molecule has 1 aliphatic heterocycles. The summed E-state index contributed by atoms with van der Waals surface area (Å²) in [5.41, 5.74) is 1.91. The first-order valence-corrected chi connectivity index (χ1v) is 4.09. The molecule has 62 valence electrons. The van der Waals surface area contributed by atoms with Crippen LogP contribution >= 0.6 is 0 Å². The maximum atomic E-state index is 11.1. The minimum Gasteiger partial charge on any atom is -0.383 e. The molecule has 1 aromatic heterocycles. The number of nitrogens with zero attached hydrogens (tertiary/aromatic N) is 1. The Labute approximate surface area is 70.5 Å². The SMILES string of the molecule is O=c1ccnc2c(c1)NCCC2. The number of hydrogen-bond acceptors (Lipinski definition) is 3. The molecule has 0 atom stereocenters. The lowest BCUT2D eigenvalue weighted by Crippen LogP contribution is -2.12. The Bertz CT molecular complexity index is 349. The van der Waals surface area contributed by atoms with E-state index in [2.05, 4.69) is 10.3 Å². The average molecular weight is 162 g/mol. The number of hydrogen-bond donors (Lipinski definition) is 1. The molecule has 12 heavy (non-hydrogen) atoms. The zero-order valence-electron chi connectivity index (χ0n) is 6.71. The van der Waals surface area contributed by atoms with Crippen LogP contribution in [0, 0.1) is 0 Å². The van der Waals surface area contributed by atoms with Crippen molar-refractivity contribution in [1.82, 2.24) is 4.98 Å². The summed E-state index contributed by atoms with van der Waals surface area (Å²) in [6.45, 7) is 0.943. The summed E-state index contributed by atoms with van der Waals surface area (Å²) in [6.07, 6.45) is 3.64. The minimum absolute atomic E-state index is 0.0122. The standard InChI is InChI=1S/C9H10N2O/c12-7-3-5-11-8-2-1-4-10-9(8)6-7/h3,5-6,10H,1-2,4H2. The van der Waals surface area contributed by atoms with E-state index >= 15 is 0 Å². The Morgan fingerprint density at radius 3 is 3.33 bits per heavy atom. The summed E-state index contributed by atoms with van der Waals surface area (Å²) in [5, 5.41) is 3.16. The smallest absolute Gasteiger partial charge is 0.182 e. The van der Waals surface area contributed by atoms with Gasteiger partial charge in [0.1, 0.15) is 0 Å². The topological polar surface area (TPSA) is 42.0 Å². The molecule has 2 heterocycles. The van der Waals surface area contributed by atoms with Gasteiger partial charge in [0.05, 0.1) is 11.4 Å². The van der Waals surface area contributed by atoms with Crippen LogP contribution in [0.2, 0.25) is 0 Å². The summed E-state index contributed by atoms with van der Waals surface area (Å²) in [4.78, 5) is 15.2. The van der Waals surface area contributed by atoms with Crippen molar-refractivity contribution < 1.29 is 0 Å². The van der Waals surface area contributed by atoms with Crippen LogP contribution in [0.15, 0.2) is 23.1 Å². The molecule has 3 nitrogen and oxygen atoms in total. The molecule has 1 aromatic rings. The number of anilines is 1. The largest absolute Gasteiger partial charge is 0.383 e. The van der Waals surface area contributed by atoms with Crippen LogP contribution in [0.4, 0.5) is 5.69 Å². The van der Waals surface area contributed by atoms with Crippen molar-refractivity contribution >= 4 is 5.69 Å². The number of aromatic nitrogens is 1. The van der Waals surface area contributed by atoms with Gasteiger partial charge in [-0.3, -0.25) is 9.78 Å². The monoisotopic (exact) mass is 162 g/mol. The molecule has 0 spiro atoms. The van der Waals surface area contributed by atoms with Crippen molar-refractivity contribution in [3.05, 3.63) is 34.2 Å². The fourth-order valence-corrected chi connectivity index (χ4v) is 1.38. The summed E-state index contributed by atoms with van der Waals surface area (Å²) < 4.78 is 0. The van der Waals surface area contributed by atoms with E-state index in [-0.39, 0.29) is 5.43 Å². The first-order chi connectivity index (χ1) is 5.86. The Balaban J connectivity index is 2.59. The molecule has 2 rings (SSSR count). The summed E-state index contributed by atoms with van der Waals surface area (Å²) in [5.74, 6) is 0. The predicted octanol–water partition coefficient (Wildman–Crippen LogP) is 0.800. The predicted molar refractivity (Wildman–Crippen MR) is 47.3 cm³/mol. The Hall–Kier alpha value is -1.38. The van der Waals surface area contributed by atoms with E-state index in [1.807, 2.05) is 0 Å². The molecule has 0 saturated carbocycles. The Morgan fingerprint density at radius 1 is 1.50 bits per heavy atom. The minimum atomic E-state index is 0.0122. The van der Waals surface area contributed by atoms with Gasteiger partial charge in [-0.05, 0) is 12.8 Å². The van der Waals surface area contributed by atoms with Crippen LogP contribution < -0.4 is 10.7 Å². The van der Waals surface area contributed by atoms with Crippen molar-refractivity contribution in [3.8, 4) is 0 Å². The number of aryl methyl sites for hydroxylation is 1. The fourth-order valence-electron chi connectivity index (χ4n) is 1.38. The lowest BCUT2D eigenvalue weighted by atomic mass is 10.1. The molecular weight excluding hydrogens is 152 g/mol. The van der Waals surface area contributed by atoms with Crippen LogP contribution in [-0.4, -0.2) is 11.5 Å². The van der Waals surface area contributed by atoms with Gasteiger partial charge in [0.15, 0.2) is 5.43 Å². The number of nitrogens with one attached hydrogen (secondary N) is 1. The second-order valence-corrected chi connectivity index (χ2v) is 2.88. The van der Waals surface area contributed by atoms with E-state index in [0.29, 0.717) is 0 Å². The molecule has 3 heteroatoms. The lowest BCUT2D eigenvalue weighted by Gasteiger charge is -2.13. The molecular formula is C9H10N2O. The zero-order chi connectivity index (χ0) is 8.39. The molecule has 0 radical (unpaired) electrons. The summed E-state index contributed by atoms with van der Waals surface area (Å²) >= 11 is 0. The van der Waals surface area contributed by atoms with E-state index in [1.165, 1.54) is 6.07 Å². The van der Waals surface area contributed by atoms with Crippen LogP contribution in [0.25, 0.3) is 0 Å². The first kappa shape index (κ1) is 7.28. The van der Waals surface area contributed by atoms with Gasteiger partial charge < -0.3 is 5.32 Å². The number of fused-ring (bicyclic) bond motifs is 1. The van der Waals surface area contributed by atoms with Crippen LogP contribution in [0.3, 0.4) is 0 Å². The normalized spacial score (nSPS) is 14.7. The average Bonchev–Trinajstić information content (AvgIpc) is 2.25. The summed E-state index contributed by atoms with van der Waals surface area (Å²) in [6, 6.07) is 3.10. The molecule has 0 fully saturated rings. The highest BCUT2D eigenvalue weighted by molar-refractivity contribution is 5.48. The van der Waals surface area contributed by atoms with Gasteiger partial charge in [-0.15, -0.1) is 0 Å². The van der Waals surface area contributed by atoms with Crippen molar-refractivity contribution in [1.29, 1.82) is 0 Å². The fraction of sp³-hybridized carbons (Fsp3) is 0.333. The van der Waals surface area contributed by atoms with Crippen molar-refractivity contribution in [3.63, 3.8) is 0 Å². The van der Waals surface area contributed by atoms with Gasteiger partial charge in [-0.25, -0.2) is 0 Å². The van der Waals surface area contributed by atoms with Gasteiger partial charge in [0.25, 0.3) is 0 Å². The second-order valence-electron chi connectivity index (χ2n) is 2.88. The Kier molecular flexibility index (Phi) is 1.78. The highest BCUT2D eigenvalue weighted by Crippen LogP contribution is 2.15. The third kappa shape index (κ3) is 1.30. The van der Waals surface area contributed by atoms with Crippen LogP contribution in [0.5, 0.6) is 0 Å². The maximum Gasteiger partial charge on any atom is 0.182 e.